The Labute approximate surface area is 71.8 Å². The van der Waals surface area contributed by atoms with Gasteiger partial charge in [0.1, 0.15) is 6.54 Å². The van der Waals surface area contributed by atoms with E-state index in [1.807, 2.05) is 0 Å². The van der Waals surface area contributed by atoms with E-state index in [4.69, 9.17) is 10.8 Å². The number of rotatable bonds is 3. The van der Waals surface area contributed by atoms with Crippen molar-refractivity contribution in [2.45, 2.75) is 13.0 Å². The molecule has 0 aliphatic heterocycles. The van der Waals surface area contributed by atoms with E-state index < -0.39 is 24.6 Å². The average molecular weight is 191 g/mol. The molecule has 7 heteroatoms. The second kappa shape index (κ2) is 3.38. The molecule has 1 rings (SSSR count). The molecule has 0 aliphatic carbocycles. The van der Waals surface area contributed by atoms with E-state index in [1.165, 1.54) is 0 Å². The van der Waals surface area contributed by atoms with Crippen LogP contribution in [-0.2, 0) is 6.54 Å². The first kappa shape index (κ1) is 9.43. The number of halogens is 2. The molecule has 1 aromatic rings. The molecule has 0 saturated carbocycles. The number of anilines is 1. The molecule has 0 saturated heterocycles. The van der Waals surface area contributed by atoms with Gasteiger partial charge in [-0.2, -0.15) is 5.10 Å². The second-order valence-corrected chi connectivity index (χ2v) is 2.35. The zero-order chi connectivity index (χ0) is 10.0. The third-order valence-corrected chi connectivity index (χ3v) is 1.32. The maximum absolute atomic E-state index is 11.8. The Morgan fingerprint density at radius 2 is 2.38 bits per heavy atom. The van der Waals surface area contributed by atoms with Crippen molar-refractivity contribution >= 4 is 11.7 Å². The number of hydrogen-bond donors (Lipinski definition) is 2. The van der Waals surface area contributed by atoms with E-state index in [2.05, 4.69) is 5.10 Å². The van der Waals surface area contributed by atoms with E-state index in [0.29, 0.717) is 0 Å². The monoisotopic (exact) mass is 191 g/mol. The first-order chi connectivity index (χ1) is 6.00. The van der Waals surface area contributed by atoms with E-state index in [0.717, 1.165) is 10.9 Å². The molecule has 5 nitrogen and oxygen atoms in total. The van der Waals surface area contributed by atoms with Crippen molar-refractivity contribution < 1.29 is 18.7 Å². The van der Waals surface area contributed by atoms with Gasteiger partial charge in [0.25, 0.3) is 6.43 Å². The van der Waals surface area contributed by atoms with Crippen LogP contribution in [0.5, 0.6) is 0 Å². The van der Waals surface area contributed by atoms with Crippen LogP contribution in [0.15, 0.2) is 6.20 Å². The van der Waals surface area contributed by atoms with E-state index in [-0.39, 0.29) is 5.69 Å². The average Bonchev–Trinajstić information content (AvgIpc) is 2.29. The minimum Gasteiger partial charge on any atom is -0.476 e. The summed E-state index contributed by atoms with van der Waals surface area (Å²) in [4.78, 5) is 10.4. The minimum absolute atomic E-state index is 0.117. The Kier molecular flexibility index (Phi) is 2.45. The van der Waals surface area contributed by atoms with Crippen LogP contribution in [0.1, 0.15) is 10.5 Å². The normalized spacial score (nSPS) is 10.7. The lowest BCUT2D eigenvalue weighted by Gasteiger charge is -1.97. The molecule has 0 amide bonds. The third-order valence-electron chi connectivity index (χ3n) is 1.32. The van der Waals surface area contributed by atoms with Crippen molar-refractivity contribution in [3.63, 3.8) is 0 Å². The van der Waals surface area contributed by atoms with Gasteiger partial charge in [0.15, 0.2) is 5.69 Å². The fraction of sp³-hybridized carbons (Fsp3) is 0.333. The lowest BCUT2D eigenvalue weighted by atomic mass is 10.4. The van der Waals surface area contributed by atoms with Gasteiger partial charge < -0.3 is 10.8 Å². The first-order valence-electron chi connectivity index (χ1n) is 3.35. The smallest absolute Gasteiger partial charge is 0.358 e. The SMILES string of the molecule is Nc1cn(CC(F)F)nc1C(=O)O. The minimum atomic E-state index is -2.58. The summed E-state index contributed by atoms with van der Waals surface area (Å²) >= 11 is 0. The molecule has 0 atom stereocenters. The summed E-state index contributed by atoms with van der Waals surface area (Å²) in [7, 11) is 0. The van der Waals surface area contributed by atoms with Crippen LogP contribution in [0.25, 0.3) is 0 Å². The van der Waals surface area contributed by atoms with Gasteiger partial charge in [-0.1, -0.05) is 0 Å². The summed E-state index contributed by atoms with van der Waals surface area (Å²) < 4.78 is 24.4. The quantitative estimate of drug-likeness (QED) is 0.725. The molecule has 0 aliphatic rings. The van der Waals surface area contributed by atoms with Crippen LogP contribution < -0.4 is 5.73 Å². The van der Waals surface area contributed by atoms with Crippen LogP contribution in [0.2, 0.25) is 0 Å². The summed E-state index contributed by atoms with van der Waals surface area (Å²) in [5, 5.41) is 11.8. The second-order valence-electron chi connectivity index (χ2n) is 2.35. The molecule has 13 heavy (non-hydrogen) atoms. The molecule has 0 spiro atoms. The molecule has 1 aromatic heterocycles. The number of hydrogen-bond acceptors (Lipinski definition) is 3. The van der Waals surface area contributed by atoms with Crippen LogP contribution in [0.4, 0.5) is 14.5 Å². The summed E-state index contributed by atoms with van der Waals surface area (Å²) in [6.07, 6.45) is -1.52. The highest BCUT2D eigenvalue weighted by atomic mass is 19.3. The van der Waals surface area contributed by atoms with Crippen LogP contribution in [0, 0.1) is 0 Å². The molecular weight excluding hydrogens is 184 g/mol. The van der Waals surface area contributed by atoms with Crippen LogP contribution in [0.3, 0.4) is 0 Å². The number of aromatic nitrogens is 2. The van der Waals surface area contributed by atoms with Gasteiger partial charge in [-0.05, 0) is 0 Å². The maximum atomic E-state index is 11.8. The lowest BCUT2D eigenvalue weighted by Crippen LogP contribution is -2.08. The van der Waals surface area contributed by atoms with E-state index in [9.17, 15) is 13.6 Å². The fourth-order valence-corrected chi connectivity index (χ4v) is 0.838. The number of alkyl halides is 2. The van der Waals surface area contributed by atoms with Gasteiger partial charge in [-0.3, -0.25) is 4.68 Å². The van der Waals surface area contributed by atoms with E-state index >= 15 is 0 Å². The fourth-order valence-electron chi connectivity index (χ4n) is 0.838. The van der Waals surface area contributed by atoms with Crippen LogP contribution in [-0.4, -0.2) is 27.3 Å². The molecule has 0 fully saturated rings. The summed E-state index contributed by atoms with van der Waals surface area (Å²) in [5.74, 6) is -1.33. The molecule has 72 valence electrons. The summed E-state index contributed by atoms with van der Waals surface area (Å²) in [6, 6.07) is 0. The Morgan fingerprint density at radius 1 is 1.77 bits per heavy atom. The maximum Gasteiger partial charge on any atom is 0.358 e. The molecule has 0 aromatic carbocycles. The Hall–Kier alpha value is -1.66. The summed E-state index contributed by atoms with van der Waals surface area (Å²) in [5.41, 5.74) is 4.69. The molecular formula is C6H7F2N3O2. The highest BCUT2D eigenvalue weighted by Gasteiger charge is 2.14. The zero-order valence-corrected chi connectivity index (χ0v) is 6.44. The molecule has 0 bridgehead atoms. The number of carbonyl (C=O) groups is 1. The molecule has 3 N–H and O–H groups in total. The highest BCUT2D eigenvalue weighted by Crippen LogP contribution is 2.09. The van der Waals surface area contributed by atoms with Crippen molar-refractivity contribution in [3.05, 3.63) is 11.9 Å². The highest BCUT2D eigenvalue weighted by molar-refractivity contribution is 5.91. The van der Waals surface area contributed by atoms with Gasteiger partial charge in [-0.15, -0.1) is 0 Å². The standard InChI is InChI=1S/C6H7F2N3O2/c7-4(8)2-11-1-3(9)5(10-11)6(12)13/h1,4H,2,9H2,(H,12,13). The van der Waals surface area contributed by atoms with Crippen LogP contribution >= 0.6 is 0 Å². The van der Waals surface area contributed by atoms with Crippen molar-refractivity contribution in [3.8, 4) is 0 Å². The molecule has 0 unspecified atom stereocenters. The number of carboxylic acid groups (broad SMARTS) is 1. The molecule has 0 radical (unpaired) electrons. The predicted molar refractivity (Wildman–Crippen MR) is 39.6 cm³/mol. The zero-order valence-electron chi connectivity index (χ0n) is 6.44. The third kappa shape index (κ3) is 2.14. The number of aromatic carboxylic acids is 1. The van der Waals surface area contributed by atoms with Gasteiger partial charge in [0.05, 0.1) is 5.69 Å². The largest absolute Gasteiger partial charge is 0.476 e. The predicted octanol–water partition coefficient (Wildman–Crippen LogP) is 0.429. The Balaban J connectivity index is 2.89. The lowest BCUT2D eigenvalue weighted by molar-refractivity contribution is 0.0687. The first-order valence-corrected chi connectivity index (χ1v) is 3.35. The number of nitrogen functional groups attached to an aromatic ring is 1. The van der Waals surface area contributed by atoms with Crippen molar-refractivity contribution in [2.75, 3.05) is 5.73 Å². The van der Waals surface area contributed by atoms with Gasteiger partial charge in [-0.25, -0.2) is 13.6 Å². The Morgan fingerprint density at radius 3 is 2.77 bits per heavy atom. The number of carboxylic acids is 1. The number of nitrogens with zero attached hydrogens (tertiary/aromatic N) is 2. The van der Waals surface area contributed by atoms with Crippen molar-refractivity contribution in [2.24, 2.45) is 0 Å². The van der Waals surface area contributed by atoms with Gasteiger partial charge in [0, 0.05) is 6.20 Å². The Bertz CT molecular complexity index is 324. The van der Waals surface area contributed by atoms with Crippen molar-refractivity contribution in [1.29, 1.82) is 0 Å². The van der Waals surface area contributed by atoms with Gasteiger partial charge in [0.2, 0.25) is 0 Å². The topological polar surface area (TPSA) is 81.1 Å². The van der Waals surface area contributed by atoms with Gasteiger partial charge >= 0.3 is 5.97 Å². The van der Waals surface area contributed by atoms with Crippen molar-refractivity contribution in [1.82, 2.24) is 9.78 Å². The molecule has 1 heterocycles. The van der Waals surface area contributed by atoms with E-state index in [1.54, 1.807) is 0 Å². The number of nitrogens with two attached hydrogens (primary N) is 1. The summed E-state index contributed by atoms with van der Waals surface area (Å²) in [6.45, 7) is -0.655.